The molecular weight excluding hydrogens is 220 g/mol. The molecule has 17 heavy (non-hydrogen) atoms. The van der Waals surface area contributed by atoms with Crippen LogP contribution < -0.4 is 4.74 Å². The lowest BCUT2D eigenvalue weighted by Crippen LogP contribution is -2.00. The average Bonchev–Trinajstić information content (AvgIpc) is 2.79. The van der Waals surface area contributed by atoms with Crippen molar-refractivity contribution in [1.82, 2.24) is 0 Å². The van der Waals surface area contributed by atoms with E-state index in [2.05, 4.69) is 0 Å². The van der Waals surface area contributed by atoms with Crippen molar-refractivity contribution in [2.45, 2.75) is 13.0 Å². The fourth-order valence-electron chi connectivity index (χ4n) is 1.47. The predicted molar refractivity (Wildman–Crippen MR) is 60.8 cm³/mol. The molecule has 1 aromatic heterocycles. The van der Waals surface area contributed by atoms with Crippen molar-refractivity contribution in [2.24, 2.45) is 0 Å². The van der Waals surface area contributed by atoms with Crippen LogP contribution in [-0.2, 0) is 17.8 Å². The summed E-state index contributed by atoms with van der Waals surface area (Å²) in [7, 11) is 0. The van der Waals surface area contributed by atoms with E-state index >= 15 is 0 Å². The van der Waals surface area contributed by atoms with Gasteiger partial charge in [-0.1, -0.05) is 12.1 Å². The molecule has 4 heteroatoms. The van der Waals surface area contributed by atoms with E-state index in [0.717, 1.165) is 11.3 Å². The first-order valence-corrected chi connectivity index (χ1v) is 5.20. The molecule has 2 aromatic rings. The van der Waals surface area contributed by atoms with Gasteiger partial charge in [0, 0.05) is 0 Å². The van der Waals surface area contributed by atoms with Gasteiger partial charge in [0.25, 0.3) is 0 Å². The number of hydrogen-bond donors (Lipinski definition) is 1. The summed E-state index contributed by atoms with van der Waals surface area (Å²) in [5, 5.41) is 8.68. The van der Waals surface area contributed by atoms with Crippen molar-refractivity contribution in [1.29, 1.82) is 0 Å². The molecule has 1 heterocycles. The SMILES string of the molecule is O=C(O)Cc1cccc(OCc2ccco2)c1. The second kappa shape index (κ2) is 5.21. The van der Waals surface area contributed by atoms with E-state index in [9.17, 15) is 4.79 Å². The number of ether oxygens (including phenoxy) is 1. The zero-order valence-electron chi connectivity index (χ0n) is 9.13. The zero-order valence-corrected chi connectivity index (χ0v) is 9.13. The molecule has 0 unspecified atom stereocenters. The monoisotopic (exact) mass is 232 g/mol. The van der Waals surface area contributed by atoms with Gasteiger partial charge in [-0.05, 0) is 29.8 Å². The number of carboxylic acids is 1. The Labute approximate surface area is 98.4 Å². The summed E-state index contributed by atoms with van der Waals surface area (Å²) in [6, 6.07) is 10.6. The van der Waals surface area contributed by atoms with Crippen molar-refractivity contribution in [3.8, 4) is 5.75 Å². The molecule has 0 atom stereocenters. The molecule has 4 nitrogen and oxygen atoms in total. The van der Waals surface area contributed by atoms with Crippen molar-refractivity contribution in [3.05, 3.63) is 54.0 Å². The quantitative estimate of drug-likeness (QED) is 0.860. The number of furan rings is 1. The number of rotatable bonds is 5. The maximum atomic E-state index is 10.6. The summed E-state index contributed by atoms with van der Waals surface area (Å²) >= 11 is 0. The summed E-state index contributed by atoms with van der Waals surface area (Å²) < 4.78 is 10.6. The summed E-state index contributed by atoms with van der Waals surface area (Å²) in [4.78, 5) is 10.6. The van der Waals surface area contributed by atoms with Crippen LogP contribution in [0.2, 0.25) is 0 Å². The number of carbonyl (C=O) groups is 1. The molecule has 1 aromatic carbocycles. The molecule has 0 fully saturated rings. The summed E-state index contributed by atoms with van der Waals surface area (Å²) in [6.45, 7) is 0.337. The highest BCUT2D eigenvalue weighted by Gasteiger charge is 2.03. The van der Waals surface area contributed by atoms with E-state index in [1.807, 2.05) is 6.07 Å². The normalized spacial score (nSPS) is 10.1. The maximum Gasteiger partial charge on any atom is 0.307 e. The van der Waals surface area contributed by atoms with Crippen LogP contribution in [0, 0.1) is 0 Å². The zero-order chi connectivity index (χ0) is 12.1. The Kier molecular flexibility index (Phi) is 3.45. The first kappa shape index (κ1) is 11.3. The third kappa shape index (κ3) is 3.38. The van der Waals surface area contributed by atoms with Gasteiger partial charge in [-0.15, -0.1) is 0 Å². The number of aliphatic carboxylic acids is 1. The van der Waals surface area contributed by atoms with Crippen molar-refractivity contribution >= 4 is 5.97 Å². The molecule has 0 amide bonds. The smallest absolute Gasteiger partial charge is 0.307 e. The number of hydrogen-bond acceptors (Lipinski definition) is 3. The van der Waals surface area contributed by atoms with Crippen molar-refractivity contribution < 1.29 is 19.1 Å². The van der Waals surface area contributed by atoms with Crippen LogP contribution in [0.4, 0.5) is 0 Å². The van der Waals surface area contributed by atoms with Crippen LogP contribution >= 0.6 is 0 Å². The Morgan fingerprint density at radius 3 is 2.88 bits per heavy atom. The molecule has 2 rings (SSSR count). The molecule has 0 bridgehead atoms. The highest BCUT2D eigenvalue weighted by Crippen LogP contribution is 2.15. The Bertz CT molecular complexity index is 488. The van der Waals surface area contributed by atoms with Gasteiger partial charge in [0.2, 0.25) is 0 Å². The molecule has 1 N–H and O–H groups in total. The van der Waals surface area contributed by atoms with E-state index in [0.29, 0.717) is 12.4 Å². The maximum absolute atomic E-state index is 10.6. The third-order valence-electron chi connectivity index (χ3n) is 2.21. The van der Waals surface area contributed by atoms with E-state index in [4.69, 9.17) is 14.3 Å². The Balaban J connectivity index is 1.98. The number of benzene rings is 1. The van der Waals surface area contributed by atoms with Gasteiger partial charge in [0.15, 0.2) is 0 Å². The standard InChI is InChI=1S/C13H12O4/c14-13(15)8-10-3-1-4-11(7-10)17-9-12-5-2-6-16-12/h1-7H,8-9H2,(H,14,15). The molecule has 0 aliphatic rings. The van der Waals surface area contributed by atoms with Crippen molar-refractivity contribution in [2.75, 3.05) is 0 Å². The van der Waals surface area contributed by atoms with E-state index in [-0.39, 0.29) is 6.42 Å². The lowest BCUT2D eigenvalue weighted by molar-refractivity contribution is -0.136. The van der Waals surface area contributed by atoms with Gasteiger partial charge in [0.1, 0.15) is 18.1 Å². The summed E-state index contributed by atoms with van der Waals surface area (Å²) in [5.74, 6) is 0.516. The molecule has 0 radical (unpaired) electrons. The fraction of sp³-hybridized carbons (Fsp3) is 0.154. The van der Waals surface area contributed by atoms with E-state index < -0.39 is 5.97 Å². The Morgan fingerprint density at radius 2 is 2.18 bits per heavy atom. The van der Waals surface area contributed by atoms with Gasteiger partial charge in [-0.3, -0.25) is 4.79 Å². The molecule has 88 valence electrons. The Morgan fingerprint density at radius 1 is 1.29 bits per heavy atom. The first-order chi connectivity index (χ1) is 8.24. The predicted octanol–water partition coefficient (Wildman–Crippen LogP) is 2.49. The largest absolute Gasteiger partial charge is 0.486 e. The van der Waals surface area contributed by atoms with Crippen LogP contribution in [0.25, 0.3) is 0 Å². The average molecular weight is 232 g/mol. The van der Waals surface area contributed by atoms with Crippen LogP contribution in [-0.4, -0.2) is 11.1 Å². The molecular formula is C13H12O4. The minimum absolute atomic E-state index is 0.00203. The Hall–Kier alpha value is -2.23. The molecule has 0 saturated carbocycles. The lowest BCUT2D eigenvalue weighted by atomic mass is 10.1. The van der Waals surface area contributed by atoms with Crippen LogP contribution in [0.1, 0.15) is 11.3 Å². The van der Waals surface area contributed by atoms with E-state index in [1.165, 1.54) is 0 Å². The second-order valence-corrected chi connectivity index (χ2v) is 3.59. The summed E-state index contributed by atoms with van der Waals surface area (Å²) in [5.41, 5.74) is 0.717. The van der Waals surface area contributed by atoms with E-state index in [1.54, 1.807) is 36.6 Å². The highest BCUT2D eigenvalue weighted by atomic mass is 16.5. The second-order valence-electron chi connectivity index (χ2n) is 3.59. The van der Waals surface area contributed by atoms with Crippen LogP contribution in [0.3, 0.4) is 0 Å². The topological polar surface area (TPSA) is 59.7 Å². The minimum atomic E-state index is -0.854. The first-order valence-electron chi connectivity index (χ1n) is 5.20. The molecule has 0 aliphatic heterocycles. The summed E-state index contributed by atoms with van der Waals surface area (Å²) in [6.07, 6.45) is 1.58. The molecule has 0 saturated heterocycles. The number of carboxylic acid groups (broad SMARTS) is 1. The van der Waals surface area contributed by atoms with Gasteiger partial charge < -0.3 is 14.3 Å². The van der Waals surface area contributed by atoms with Crippen LogP contribution in [0.15, 0.2) is 47.1 Å². The third-order valence-corrected chi connectivity index (χ3v) is 2.21. The fourth-order valence-corrected chi connectivity index (χ4v) is 1.47. The van der Waals surface area contributed by atoms with Gasteiger partial charge in [-0.2, -0.15) is 0 Å². The molecule has 0 aliphatic carbocycles. The molecule has 0 spiro atoms. The van der Waals surface area contributed by atoms with Crippen LogP contribution in [0.5, 0.6) is 5.75 Å². The highest BCUT2D eigenvalue weighted by molar-refractivity contribution is 5.70. The lowest BCUT2D eigenvalue weighted by Gasteiger charge is -2.05. The van der Waals surface area contributed by atoms with Crippen molar-refractivity contribution in [3.63, 3.8) is 0 Å². The van der Waals surface area contributed by atoms with Gasteiger partial charge in [0.05, 0.1) is 12.7 Å². The van der Waals surface area contributed by atoms with Gasteiger partial charge in [-0.25, -0.2) is 0 Å². The van der Waals surface area contributed by atoms with Gasteiger partial charge >= 0.3 is 5.97 Å². The minimum Gasteiger partial charge on any atom is -0.486 e.